The summed E-state index contributed by atoms with van der Waals surface area (Å²) in [4.78, 5) is 4.45. The van der Waals surface area contributed by atoms with Gasteiger partial charge in [-0.2, -0.15) is 5.26 Å². The molecule has 0 amide bonds. The minimum Gasteiger partial charge on any atom is -0.491 e. The molecule has 4 nitrogen and oxygen atoms in total. The Morgan fingerprint density at radius 2 is 1.85 bits per heavy atom. The fourth-order valence-electron chi connectivity index (χ4n) is 1.88. The van der Waals surface area contributed by atoms with E-state index in [9.17, 15) is 0 Å². The maximum absolute atomic E-state index is 8.98. The minimum atomic E-state index is 0.157. The van der Waals surface area contributed by atoms with Crippen molar-refractivity contribution in [2.24, 2.45) is 0 Å². The van der Waals surface area contributed by atoms with E-state index in [1.54, 1.807) is 13.1 Å². The fourth-order valence-corrected chi connectivity index (χ4v) is 1.88. The Kier molecular flexibility index (Phi) is 4.21. The number of benzene rings is 1. The van der Waals surface area contributed by atoms with E-state index >= 15 is 0 Å². The highest BCUT2D eigenvalue weighted by molar-refractivity contribution is 5.65. The second kappa shape index (κ2) is 6.07. The molecular formula is C16H17N3O. The summed E-state index contributed by atoms with van der Waals surface area (Å²) in [5, 5.41) is 11.9. The molecule has 102 valence electrons. The number of pyridine rings is 1. The minimum absolute atomic E-state index is 0.157. The summed E-state index contributed by atoms with van der Waals surface area (Å²) in [6, 6.07) is 13.5. The Hall–Kier alpha value is -2.54. The first-order valence-corrected chi connectivity index (χ1v) is 6.50. The van der Waals surface area contributed by atoms with Gasteiger partial charge >= 0.3 is 0 Å². The summed E-state index contributed by atoms with van der Waals surface area (Å²) in [5.41, 5.74) is 2.35. The van der Waals surface area contributed by atoms with Gasteiger partial charge in [-0.15, -0.1) is 0 Å². The third-order valence-corrected chi connectivity index (χ3v) is 2.77. The van der Waals surface area contributed by atoms with Crippen LogP contribution in [0.25, 0.3) is 11.3 Å². The first-order chi connectivity index (χ1) is 9.63. The third-order valence-electron chi connectivity index (χ3n) is 2.77. The maximum Gasteiger partial charge on any atom is 0.144 e. The lowest BCUT2D eigenvalue weighted by molar-refractivity contribution is 0.242. The molecule has 20 heavy (non-hydrogen) atoms. The molecule has 0 unspecified atom stereocenters. The molecule has 1 aromatic heterocycles. The number of hydrogen-bond acceptors (Lipinski definition) is 4. The van der Waals surface area contributed by atoms with E-state index in [1.165, 1.54) is 0 Å². The lowest BCUT2D eigenvalue weighted by Gasteiger charge is -2.10. The maximum atomic E-state index is 8.98. The second-order valence-electron chi connectivity index (χ2n) is 4.65. The van der Waals surface area contributed by atoms with Gasteiger partial charge in [-0.1, -0.05) is 0 Å². The second-order valence-corrected chi connectivity index (χ2v) is 4.65. The van der Waals surface area contributed by atoms with E-state index < -0.39 is 0 Å². The molecule has 0 spiro atoms. The highest BCUT2D eigenvalue weighted by atomic mass is 16.5. The number of aromatic nitrogens is 1. The van der Waals surface area contributed by atoms with Gasteiger partial charge in [0.25, 0.3) is 0 Å². The highest BCUT2D eigenvalue weighted by Crippen LogP contribution is 2.24. The van der Waals surface area contributed by atoms with Gasteiger partial charge in [-0.25, -0.2) is 4.98 Å². The first-order valence-electron chi connectivity index (χ1n) is 6.50. The van der Waals surface area contributed by atoms with Crippen molar-refractivity contribution in [3.05, 3.63) is 42.0 Å². The Morgan fingerprint density at radius 3 is 2.40 bits per heavy atom. The van der Waals surface area contributed by atoms with Crippen LogP contribution in [0.1, 0.15) is 19.4 Å². The molecule has 0 saturated heterocycles. The molecule has 0 aliphatic rings. The summed E-state index contributed by atoms with van der Waals surface area (Å²) < 4.78 is 5.61. The van der Waals surface area contributed by atoms with E-state index in [4.69, 9.17) is 10.00 Å². The monoisotopic (exact) mass is 267 g/mol. The number of rotatable bonds is 4. The highest BCUT2D eigenvalue weighted by Gasteiger charge is 2.06. The number of ether oxygens (including phenoxy) is 1. The van der Waals surface area contributed by atoms with Crippen molar-refractivity contribution in [2.45, 2.75) is 20.0 Å². The van der Waals surface area contributed by atoms with Crippen LogP contribution in [0.2, 0.25) is 0 Å². The number of nitrogens with one attached hydrogen (secondary N) is 1. The molecular weight excluding hydrogens is 250 g/mol. The molecule has 0 fully saturated rings. The Labute approximate surface area is 119 Å². The molecule has 0 aliphatic heterocycles. The molecule has 0 radical (unpaired) electrons. The number of anilines is 1. The third kappa shape index (κ3) is 3.07. The molecule has 4 heteroatoms. The van der Waals surface area contributed by atoms with Crippen molar-refractivity contribution in [1.82, 2.24) is 4.98 Å². The van der Waals surface area contributed by atoms with E-state index in [2.05, 4.69) is 16.4 Å². The van der Waals surface area contributed by atoms with Crippen molar-refractivity contribution in [3.8, 4) is 23.1 Å². The quantitative estimate of drug-likeness (QED) is 0.921. The molecule has 1 N–H and O–H groups in total. The predicted octanol–water partition coefficient (Wildman–Crippen LogP) is 3.45. The Bertz CT molecular complexity index is 627. The van der Waals surface area contributed by atoms with Gasteiger partial charge in [0, 0.05) is 12.6 Å². The van der Waals surface area contributed by atoms with Gasteiger partial charge in [-0.05, 0) is 50.2 Å². The molecule has 2 rings (SSSR count). The van der Waals surface area contributed by atoms with E-state index in [0.29, 0.717) is 11.4 Å². The zero-order chi connectivity index (χ0) is 14.5. The van der Waals surface area contributed by atoms with E-state index in [-0.39, 0.29) is 6.10 Å². The van der Waals surface area contributed by atoms with Gasteiger partial charge < -0.3 is 10.1 Å². The summed E-state index contributed by atoms with van der Waals surface area (Å²) in [5.74, 6) is 1.43. The average molecular weight is 267 g/mol. The van der Waals surface area contributed by atoms with Crippen LogP contribution in [-0.4, -0.2) is 18.1 Å². The molecule has 0 bridgehead atoms. The molecule has 0 saturated carbocycles. The van der Waals surface area contributed by atoms with Crippen LogP contribution >= 0.6 is 0 Å². The van der Waals surface area contributed by atoms with E-state index in [0.717, 1.165) is 17.0 Å². The van der Waals surface area contributed by atoms with Crippen LogP contribution in [0, 0.1) is 11.3 Å². The van der Waals surface area contributed by atoms with Gasteiger partial charge in [0.1, 0.15) is 17.6 Å². The zero-order valence-corrected chi connectivity index (χ0v) is 11.8. The lowest BCUT2D eigenvalue weighted by atomic mass is 10.1. The summed E-state index contributed by atoms with van der Waals surface area (Å²) in [6.07, 6.45) is 0.157. The predicted molar refractivity (Wildman–Crippen MR) is 79.7 cm³/mol. The van der Waals surface area contributed by atoms with Crippen molar-refractivity contribution < 1.29 is 4.74 Å². The Balaban J connectivity index is 2.30. The standard InChI is InChI=1S/C16H17N3O/c1-11(2)20-14-7-4-12(5-8-14)15-9-6-13(10-17)16(18-3)19-15/h4-9,11H,1-3H3,(H,18,19). The van der Waals surface area contributed by atoms with Crippen LogP contribution in [0.4, 0.5) is 5.82 Å². The van der Waals surface area contributed by atoms with Gasteiger partial charge in [-0.3, -0.25) is 0 Å². The normalized spacial score (nSPS) is 10.2. The van der Waals surface area contributed by atoms with Gasteiger partial charge in [0.2, 0.25) is 0 Å². The van der Waals surface area contributed by atoms with Crippen LogP contribution in [0.15, 0.2) is 36.4 Å². The molecule has 1 heterocycles. The fraction of sp³-hybridized carbons (Fsp3) is 0.250. The summed E-state index contributed by atoms with van der Waals surface area (Å²) in [6.45, 7) is 3.99. The molecule has 2 aromatic rings. The van der Waals surface area contributed by atoms with Crippen molar-refractivity contribution in [2.75, 3.05) is 12.4 Å². The molecule has 1 aromatic carbocycles. The van der Waals surface area contributed by atoms with Crippen molar-refractivity contribution in [3.63, 3.8) is 0 Å². The van der Waals surface area contributed by atoms with Crippen molar-refractivity contribution in [1.29, 1.82) is 5.26 Å². The van der Waals surface area contributed by atoms with Crippen LogP contribution < -0.4 is 10.1 Å². The largest absolute Gasteiger partial charge is 0.491 e. The SMILES string of the molecule is CNc1nc(-c2ccc(OC(C)C)cc2)ccc1C#N. The summed E-state index contributed by atoms with van der Waals surface area (Å²) >= 11 is 0. The number of hydrogen-bond donors (Lipinski definition) is 1. The van der Waals surface area contributed by atoms with Gasteiger partial charge in [0.15, 0.2) is 0 Å². The van der Waals surface area contributed by atoms with E-state index in [1.807, 2.05) is 44.2 Å². The summed E-state index contributed by atoms with van der Waals surface area (Å²) in [7, 11) is 1.76. The van der Waals surface area contributed by atoms with Gasteiger partial charge in [0.05, 0.1) is 17.4 Å². The van der Waals surface area contributed by atoms with Crippen molar-refractivity contribution >= 4 is 5.82 Å². The zero-order valence-electron chi connectivity index (χ0n) is 11.8. The molecule has 0 aliphatic carbocycles. The topological polar surface area (TPSA) is 57.9 Å². The number of nitriles is 1. The van der Waals surface area contributed by atoms with Crippen LogP contribution in [0.5, 0.6) is 5.75 Å². The number of nitrogens with zero attached hydrogens (tertiary/aromatic N) is 2. The van der Waals surface area contributed by atoms with Crippen LogP contribution in [-0.2, 0) is 0 Å². The van der Waals surface area contributed by atoms with Crippen LogP contribution in [0.3, 0.4) is 0 Å². The Morgan fingerprint density at radius 1 is 1.15 bits per heavy atom. The average Bonchev–Trinajstić information content (AvgIpc) is 2.46. The smallest absolute Gasteiger partial charge is 0.144 e. The molecule has 0 atom stereocenters. The first kappa shape index (κ1) is 13.9. The lowest BCUT2D eigenvalue weighted by Crippen LogP contribution is -2.05.